The lowest BCUT2D eigenvalue weighted by molar-refractivity contribution is 0.0736. The summed E-state index contributed by atoms with van der Waals surface area (Å²) in [6.45, 7) is 12.3. The van der Waals surface area contributed by atoms with Crippen LogP contribution in [0.3, 0.4) is 0 Å². The average Bonchev–Trinajstić information content (AvgIpc) is 2.37. The molecular formula is C11H20. The van der Waals surface area contributed by atoms with Crippen molar-refractivity contribution in [2.24, 2.45) is 22.2 Å². The van der Waals surface area contributed by atoms with E-state index in [0.29, 0.717) is 16.2 Å². The number of hydrogen-bond acceptors (Lipinski definition) is 0. The zero-order valence-electron chi connectivity index (χ0n) is 8.49. The normalized spacial score (nSPS) is 50.5. The summed E-state index contributed by atoms with van der Waals surface area (Å²) >= 11 is 0. The zero-order chi connectivity index (χ0) is 8.49. The molecule has 0 radical (unpaired) electrons. The summed E-state index contributed by atoms with van der Waals surface area (Å²) in [7, 11) is 0. The van der Waals surface area contributed by atoms with Crippen LogP contribution in [0.4, 0.5) is 0 Å². The van der Waals surface area contributed by atoms with Crippen molar-refractivity contribution in [1.82, 2.24) is 0 Å². The Labute approximate surface area is 70.4 Å². The minimum absolute atomic E-state index is 0.560. The molecule has 0 amide bonds. The highest BCUT2D eigenvalue weighted by Gasteiger charge is 2.69. The standard InChI is InChI=1S/C11H20/c1-9(2)6-8-7-11(8,5)10(9,3)4/h8H,6-7H2,1-5H3. The lowest BCUT2D eigenvalue weighted by Gasteiger charge is -2.41. The van der Waals surface area contributed by atoms with Gasteiger partial charge in [0.25, 0.3) is 0 Å². The van der Waals surface area contributed by atoms with Crippen molar-refractivity contribution in [3.63, 3.8) is 0 Å². The SMILES string of the molecule is CC1(C)CC2CC2(C)C1(C)C. The maximum atomic E-state index is 2.48. The fraction of sp³-hybridized carbons (Fsp3) is 1.00. The molecule has 2 unspecified atom stereocenters. The van der Waals surface area contributed by atoms with Gasteiger partial charge in [0, 0.05) is 0 Å². The van der Waals surface area contributed by atoms with E-state index in [1.54, 1.807) is 0 Å². The molecule has 0 aromatic rings. The Morgan fingerprint density at radius 3 is 1.64 bits per heavy atom. The van der Waals surface area contributed by atoms with Crippen molar-refractivity contribution in [1.29, 1.82) is 0 Å². The molecule has 64 valence electrons. The molecule has 0 spiro atoms. The van der Waals surface area contributed by atoms with Gasteiger partial charge in [-0.25, -0.2) is 0 Å². The molecule has 2 aliphatic carbocycles. The van der Waals surface area contributed by atoms with E-state index in [4.69, 9.17) is 0 Å². The van der Waals surface area contributed by atoms with Crippen LogP contribution in [-0.4, -0.2) is 0 Å². The molecule has 0 aliphatic heterocycles. The molecular weight excluding hydrogens is 132 g/mol. The Bertz CT molecular complexity index is 193. The second-order valence-corrected chi connectivity index (χ2v) is 6.03. The first-order chi connectivity index (χ1) is 4.81. The zero-order valence-corrected chi connectivity index (χ0v) is 8.49. The molecule has 0 aromatic carbocycles. The topological polar surface area (TPSA) is 0 Å². The highest BCUT2D eigenvalue weighted by atomic mass is 14.7. The largest absolute Gasteiger partial charge is 0.0594 e. The molecule has 0 saturated heterocycles. The van der Waals surface area contributed by atoms with E-state index in [9.17, 15) is 0 Å². The molecule has 0 heteroatoms. The average molecular weight is 152 g/mol. The van der Waals surface area contributed by atoms with Gasteiger partial charge in [-0.3, -0.25) is 0 Å². The molecule has 0 heterocycles. The van der Waals surface area contributed by atoms with E-state index in [1.165, 1.54) is 12.8 Å². The van der Waals surface area contributed by atoms with Gasteiger partial charge in [0.05, 0.1) is 0 Å². The molecule has 0 nitrogen and oxygen atoms in total. The van der Waals surface area contributed by atoms with Gasteiger partial charge in [-0.05, 0) is 35.0 Å². The maximum Gasteiger partial charge on any atom is -0.0238 e. The Balaban J connectivity index is 2.38. The Hall–Kier alpha value is 0. The van der Waals surface area contributed by atoms with Gasteiger partial charge >= 0.3 is 0 Å². The molecule has 2 atom stereocenters. The molecule has 0 N–H and O–H groups in total. The first kappa shape index (κ1) is 7.64. The number of fused-ring (bicyclic) bond motifs is 1. The predicted molar refractivity (Wildman–Crippen MR) is 48.4 cm³/mol. The highest BCUT2D eigenvalue weighted by molar-refractivity contribution is 5.18. The van der Waals surface area contributed by atoms with Crippen LogP contribution in [0.25, 0.3) is 0 Å². The van der Waals surface area contributed by atoms with Crippen LogP contribution in [0.15, 0.2) is 0 Å². The first-order valence-electron chi connectivity index (χ1n) is 4.81. The highest BCUT2D eigenvalue weighted by Crippen LogP contribution is 2.77. The van der Waals surface area contributed by atoms with Gasteiger partial charge in [0.15, 0.2) is 0 Å². The van der Waals surface area contributed by atoms with E-state index >= 15 is 0 Å². The van der Waals surface area contributed by atoms with Crippen LogP contribution in [-0.2, 0) is 0 Å². The maximum absolute atomic E-state index is 2.48. The summed E-state index contributed by atoms with van der Waals surface area (Å²) in [6.07, 6.45) is 2.94. The first-order valence-corrected chi connectivity index (χ1v) is 4.81. The van der Waals surface area contributed by atoms with E-state index in [2.05, 4.69) is 34.6 Å². The lowest BCUT2D eigenvalue weighted by atomic mass is 9.63. The van der Waals surface area contributed by atoms with Crippen molar-refractivity contribution < 1.29 is 0 Å². The Morgan fingerprint density at radius 1 is 0.909 bits per heavy atom. The van der Waals surface area contributed by atoms with Gasteiger partial charge in [-0.15, -0.1) is 0 Å². The third kappa shape index (κ3) is 0.625. The van der Waals surface area contributed by atoms with Gasteiger partial charge in [-0.2, -0.15) is 0 Å². The second kappa shape index (κ2) is 1.53. The fourth-order valence-electron chi connectivity index (χ4n) is 3.16. The third-order valence-corrected chi connectivity index (χ3v) is 5.29. The number of hydrogen-bond donors (Lipinski definition) is 0. The fourth-order valence-corrected chi connectivity index (χ4v) is 3.16. The van der Waals surface area contributed by atoms with Crippen LogP contribution in [0.1, 0.15) is 47.5 Å². The summed E-state index contributed by atoms with van der Waals surface area (Å²) < 4.78 is 0. The van der Waals surface area contributed by atoms with Gasteiger partial charge in [-0.1, -0.05) is 34.6 Å². The van der Waals surface area contributed by atoms with E-state index in [-0.39, 0.29) is 0 Å². The van der Waals surface area contributed by atoms with E-state index in [0.717, 1.165) is 5.92 Å². The molecule has 2 saturated carbocycles. The molecule has 2 aliphatic rings. The van der Waals surface area contributed by atoms with E-state index in [1.807, 2.05) is 0 Å². The van der Waals surface area contributed by atoms with Crippen molar-refractivity contribution in [3.8, 4) is 0 Å². The van der Waals surface area contributed by atoms with Crippen molar-refractivity contribution >= 4 is 0 Å². The minimum Gasteiger partial charge on any atom is -0.0594 e. The van der Waals surface area contributed by atoms with Gasteiger partial charge in [0.1, 0.15) is 0 Å². The second-order valence-electron chi connectivity index (χ2n) is 6.03. The lowest BCUT2D eigenvalue weighted by Crippen LogP contribution is -2.34. The monoisotopic (exact) mass is 152 g/mol. The smallest absolute Gasteiger partial charge is 0.0238 e. The molecule has 11 heavy (non-hydrogen) atoms. The Morgan fingerprint density at radius 2 is 1.45 bits per heavy atom. The summed E-state index contributed by atoms with van der Waals surface area (Å²) in [5.41, 5.74) is 1.83. The van der Waals surface area contributed by atoms with E-state index < -0.39 is 0 Å². The Kier molecular flexibility index (Phi) is 1.06. The van der Waals surface area contributed by atoms with Crippen LogP contribution in [0.5, 0.6) is 0 Å². The van der Waals surface area contributed by atoms with Crippen molar-refractivity contribution in [2.45, 2.75) is 47.5 Å². The summed E-state index contributed by atoms with van der Waals surface area (Å²) in [5, 5.41) is 0. The van der Waals surface area contributed by atoms with Crippen LogP contribution in [0, 0.1) is 22.2 Å². The molecule has 0 bridgehead atoms. The van der Waals surface area contributed by atoms with Gasteiger partial charge < -0.3 is 0 Å². The third-order valence-electron chi connectivity index (χ3n) is 5.29. The molecule has 0 aromatic heterocycles. The number of rotatable bonds is 0. The van der Waals surface area contributed by atoms with Crippen LogP contribution < -0.4 is 0 Å². The van der Waals surface area contributed by atoms with Crippen molar-refractivity contribution in [2.75, 3.05) is 0 Å². The summed E-state index contributed by atoms with van der Waals surface area (Å²) in [4.78, 5) is 0. The predicted octanol–water partition coefficient (Wildman–Crippen LogP) is 3.47. The summed E-state index contributed by atoms with van der Waals surface area (Å²) in [6, 6.07) is 0. The van der Waals surface area contributed by atoms with Gasteiger partial charge in [0.2, 0.25) is 0 Å². The minimum atomic E-state index is 0.560. The molecule has 2 fully saturated rings. The van der Waals surface area contributed by atoms with Crippen molar-refractivity contribution in [3.05, 3.63) is 0 Å². The van der Waals surface area contributed by atoms with Crippen LogP contribution in [0.2, 0.25) is 0 Å². The quantitative estimate of drug-likeness (QED) is 0.498. The molecule has 2 rings (SSSR count). The summed E-state index contributed by atoms with van der Waals surface area (Å²) in [5.74, 6) is 1.05. The van der Waals surface area contributed by atoms with Crippen LogP contribution >= 0.6 is 0 Å².